The first-order valence-corrected chi connectivity index (χ1v) is 17.6. The van der Waals surface area contributed by atoms with E-state index >= 15 is 0 Å². The van der Waals surface area contributed by atoms with Gasteiger partial charge in [0.15, 0.2) is 0 Å². The van der Waals surface area contributed by atoms with E-state index < -0.39 is 0 Å². The van der Waals surface area contributed by atoms with Gasteiger partial charge in [0.25, 0.3) is 11.8 Å². The lowest BCUT2D eigenvalue weighted by atomic mass is 10.1. The second-order valence-electron chi connectivity index (χ2n) is 9.73. The van der Waals surface area contributed by atoms with Crippen molar-refractivity contribution in [2.75, 3.05) is 156 Å². The van der Waals surface area contributed by atoms with Gasteiger partial charge >= 0.3 is 0 Å². The number of ether oxygens (including phenoxy) is 11. The van der Waals surface area contributed by atoms with Crippen molar-refractivity contribution < 1.29 is 61.7 Å². The predicted molar refractivity (Wildman–Crippen MR) is 180 cm³/mol. The molecule has 15 heteroatoms. The van der Waals surface area contributed by atoms with Crippen LogP contribution in [-0.4, -0.2) is 173 Å². The van der Waals surface area contributed by atoms with E-state index in [-0.39, 0.29) is 25.0 Å². The van der Waals surface area contributed by atoms with E-state index in [1.807, 2.05) is 0 Å². The molecule has 0 saturated heterocycles. The topological polar surface area (TPSA) is 139 Å². The first-order chi connectivity index (χ1) is 23.3. The van der Waals surface area contributed by atoms with Gasteiger partial charge in [-0.2, -0.15) is 0 Å². The molecule has 2 amide bonds. The van der Waals surface area contributed by atoms with Crippen LogP contribution in [0.25, 0.3) is 0 Å². The molecule has 0 radical (unpaired) electrons. The number of carbonyl (C=O) groups is 2. The lowest BCUT2D eigenvalue weighted by molar-refractivity contribution is -0.0274. The molecular weight excluding hydrogens is 733 g/mol. The largest absolute Gasteiger partial charge is 0.378 e. The minimum Gasteiger partial charge on any atom is -0.378 e. The monoisotopic (exact) mass is 785 g/mol. The van der Waals surface area contributed by atoms with Crippen LogP contribution in [0, 0.1) is 0 Å². The Morgan fingerprint density at radius 3 is 0.872 bits per heavy atom. The van der Waals surface area contributed by atoms with Gasteiger partial charge in [-0.3, -0.25) is 14.5 Å². The molecule has 0 N–H and O–H groups in total. The minimum atomic E-state index is -0.277. The second-order valence-corrected chi connectivity index (χ2v) is 10.8. The van der Waals surface area contributed by atoms with E-state index in [9.17, 15) is 9.59 Å². The summed E-state index contributed by atoms with van der Waals surface area (Å²) in [5.74, 6) is -0.554. The Kier molecular flexibility index (Phi) is 27.3. The van der Waals surface area contributed by atoms with Gasteiger partial charge in [-0.05, 0) is 12.1 Å². The molecule has 47 heavy (non-hydrogen) atoms. The highest BCUT2D eigenvalue weighted by Gasteiger charge is 2.34. The van der Waals surface area contributed by atoms with Crippen LogP contribution in [-0.2, 0) is 52.1 Å². The van der Waals surface area contributed by atoms with Crippen LogP contribution in [0.2, 0.25) is 0 Å². The summed E-state index contributed by atoms with van der Waals surface area (Å²) in [7, 11) is 0. The van der Waals surface area contributed by atoms with Crippen LogP contribution in [0.4, 0.5) is 0 Å². The average molecular weight is 786 g/mol. The van der Waals surface area contributed by atoms with Crippen molar-refractivity contribution in [3.8, 4) is 0 Å². The van der Waals surface area contributed by atoms with E-state index in [4.69, 9.17) is 52.1 Å². The summed E-state index contributed by atoms with van der Waals surface area (Å²) in [5, 5.41) is 0. The number of rotatable bonds is 35. The standard InChI is InChI=1S/C32H52INO13/c33-5-7-37-9-11-39-13-15-41-17-19-43-21-23-45-25-27-47-28-26-46-24-22-44-20-18-42-16-14-40-12-10-38-8-6-34-31(35)29-3-1-2-4-30(29)32(34)36/h1-4H,5-28H2. The summed E-state index contributed by atoms with van der Waals surface area (Å²) in [6, 6.07) is 6.82. The van der Waals surface area contributed by atoms with Crippen LogP contribution in [0.5, 0.6) is 0 Å². The molecule has 1 heterocycles. The van der Waals surface area contributed by atoms with Crippen molar-refractivity contribution in [2.24, 2.45) is 0 Å². The van der Waals surface area contributed by atoms with Crippen LogP contribution in [0.1, 0.15) is 20.7 Å². The zero-order chi connectivity index (χ0) is 33.5. The molecule has 1 aliphatic heterocycles. The number of halogens is 1. The fourth-order valence-corrected chi connectivity index (χ4v) is 4.27. The van der Waals surface area contributed by atoms with E-state index in [1.165, 1.54) is 4.90 Å². The highest BCUT2D eigenvalue weighted by Crippen LogP contribution is 2.21. The summed E-state index contributed by atoms with van der Waals surface area (Å²) >= 11 is 2.27. The maximum absolute atomic E-state index is 12.3. The fraction of sp³-hybridized carbons (Fsp3) is 0.750. The normalized spacial score (nSPS) is 12.8. The second kappa shape index (κ2) is 30.7. The molecule has 1 aliphatic rings. The van der Waals surface area contributed by atoms with E-state index in [1.54, 1.807) is 24.3 Å². The Balaban J connectivity index is 1.18. The summed E-state index contributed by atoms with van der Waals surface area (Å²) in [6.07, 6.45) is 0. The zero-order valence-corrected chi connectivity index (χ0v) is 29.6. The predicted octanol–water partition coefficient (Wildman–Crippen LogP) is 1.90. The van der Waals surface area contributed by atoms with Gasteiger partial charge < -0.3 is 52.1 Å². The molecule has 0 saturated carbocycles. The first kappa shape index (κ1) is 41.8. The molecule has 270 valence electrons. The molecule has 14 nitrogen and oxygen atoms in total. The van der Waals surface area contributed by atoms with Crippen molar-refractivity contribution >= 4 is 34.4 Å². The molecule has 0 aromatic heterocycles. The molecule has 0 bridgehead atoms. The lowest BCUT2D eigenvalue weighted by Crippen LogP contribution is -2.33. The van der Waals surface area contributed by atoms with Crippen LogP contribution >= 0.6 is 22.6 Å². The minimum absolute atomic E-state index is 0.215. The number of hydrogen-bond donors (Lipinski definition) is 0. The average Bonchev–Trinajstić information content (AvgIpc) is 3.33. The third-order valence-corrected chi connectivity index (χ3v) is 6.72. The van der Waals surface area contributed by atoms with Gasteiger partial charge in [0.05, 0.1) is 163 Å². The summed E-state index contributed by atoms with van der Waals surface area (Å²) in [5.41, 5.74) is 0.885. The Hall–Kier alpha value is -1.35. The number of amides is 2. The Labute approximate surface area is 292 Å². The van der Waals surface area contributed by atoms with Crippen molar-refractivity contribution in [1.82, 2.24) is 4.90 Å². The van der Waals surface area contributed by atoms with Gasteiger partial charge in [0.1, 0.15) is 0 Å². The fourth-order valence-electron chi connectivity index (χ4n) is 3.95. The SMILES string of the molecule is O=C1c2ccccc2C(=O)N1CCOCCOCCOCCOCCOCCOCCOCCOCCOCCOCCOCCI. The number of nitrogens with zero attached hydrogens (tertiary/aromatic N) is 1. The van der Waals surface area contributed by atoms with Crippen LogP contribution in [0.3, 0.4) is 0 Å². The Morgan fingerprint density at radius 1 is 0.383 bits per heavy atom. The summed E-state index contributed by atoms with van der Waals surface area (Å²) in [4.78, 5) is 25.8. The molecule has 0 unspecified atom stereocenters. The van der Waals surface area contributed by atoms with Crippen molar-refractivity contribution in [3.05, 3.63) is 35.4 Å². The van der Waals surface area contributed by atoms with Crippen LogP contribution in [0.15, 0.2) is 24.3 Å². The van der Waals surface area contributed by atoms with Crippen molar-refractivity contribution in [1.29, 1.82) is 0 Å². The molecular formula is C32H52INO13. The maximum Gasteiger partial charge on any atom is 0.261 e. The molecule has 0 aliphatic carbocycles. The number of benzene rings is 1. The summed E-state index contributed by atoms with van der Waals surface area (Å²) < 4.78 is 60.9. The molecule has 0 fully saturated rings. The highest BCUT2D eigenvalue weighted by molar-refractivity contribution is 14.1. The van der Waals surface area contributed by atoms with E-state index in [0.29, 0.717) is 143 Å². The van der Waals surface area contributed by atoms with Gasteiger partial charge in [-0.15, -0.1) is 0 Å². The number of imide groups is 1. The Morgan fingerprint density at radius 2 is 0.617 bits per heavy atom. The van der Waals surface area contributed by atoms with Crippen molar-refractivity contribution in [3.63, 3.8) is 0 Å². The molecule has 0 spiro atoms. The molecule has 1 aromatic rings. The first-order valence-electron chi connectivity index (χ1n) is 16.1. The molecule has 2 rings (SSSR count). The van der Waals surface area contributed by atoms with E-state index in [2.05, 4.69) is 22.6 Å². The van der Waals surface area contributed by atoms with Gasteiger partial charge in [0, 0.05) is 4.43 Å². The van der Waals surface area contributed by atoms with Gasteiger partial charge in [-0.1, -0.05) is 34.7 Å². The lowest BCUT2D eigenvalue weighted by Gasteiger charge is -2.13. The van der Waals surface area contributed by atoms with Gasteiger partial charge in [0.2, 0.25) is 0 Å². The number of carbonyl (C=O) groups excluding carboxylic acids is 2. The number of fused-ring (bicyclic) bond motifs is 1. The Bertz CT molecular complexity index is 879. The van der Waals surface area contributed by atoms with Gasteiger partial charge in [-0.25, -0.2) is 0 Å². The number of alkyl halides is 1. The quantitative estimate of drug-likeness (QED) is 0.0429. The van der Waals surface area contributed by atoms with E-state index in [0.717, 1.165) is 11.0 Å². The maximum atomic E-state index is 12.3. The number of hydrogen-bond acceptors (Lipinski definition) is 13. The molecule has 1 aromatic carbocycles. The van der Waals surface area contributed by atoms with Crippen molar-refractivity contribution in [2.45, 2.75) is 0 Å². The summed E-state index contributed by atoms with van der Waals surface area (Å²) in [6.45, 7) is 11.1. The zero-order valence-electron chi connectivity index (χ0n) is 27.4. The smallest absolute Gasteiger partial charge is 0.261 e. The third kappa shape index (κ3) is 21.4. The molecule has 0 atom stereocenters. The highest BCUT2D eigenvalue weighted by atomic mass is 127. The third-order valence-electron chi connectivity index (χ3n) is 6.28. The van der Waals surface area contributed by atoms with Crippen LogP contribution < -0.4 is 0 Å².